The average Bonchev–Trinajstić information content (AvgIpc) is 2.89. The fourth-order valence-corrected chi connectivity index (χ4v) is 3.36. The van der Waals surface area contributed by atoms with E-state index in [1.807, 2.05) is 25.3 Å². The summed E-state index contributed by atoms with van der Waals surface area (Å²) in [4.78, 5) is 24.7. The SMILES string of the molecule is COC[C@H](C)n1c(C)cc(C(=O)COC(=O)c2cc(Cl)ccc2Cl)c1C. The molecule has 0 saturated carbocycles. The first kappa shape index (κ1) is 20.5. The molecule has 2 aromatic rings. The van der Waals surface area contributed by atoms with Gasteiger partial charge in [0.2, 0.25) is 5.78 Å². The van der Waals surface area contributed by atoms with E-state index in [0.29, 0.717) is 17.2 Å². The second-order valence-corrected chi connectivity index (χ2v) is 6.93. The number of benzene rings is 1. The summed E-state index contributed by atoms with van der Waals surface area (Å²) in [7, 11) is 1.64. The van der Waals surface area contributed by atoms with Crippen LogP contribution in [0.1, 0.15) is 45.1 Å². The predicted molar refractivity (Wildman–Crippen MR) is 102 cm³/mol. The smallest absolute Gasteiger partial charge is 0.340 e. The molecule has 0 unspecified atom stereocenters. The van der Waals surface area contributed by atoms with Crippen molar-refractivity contribution in [2.45, 2.75) is 26.8 Å². The first-order valence-corrected chi connectivity index (χ1v) is 8.84. The molecule has 140 valence electrons. The number of carbonyl (C=O) groups excluding carboxylic acids is 2. The maximum absolute atomic E-state index is 12.5. The molecule has 2 rings (SSSR count). The van der Waals surface area contributed by atoms with E-state index in [1.165, 1.54) is 12.1 Å². The lowest BCUT2D eigenvalue weighted by Gasteiger charge is -2.17. The van der Waals surface area contributed by atoms with Crippen LogP contribution in [0.25, 0.3) is 0 Å². The number of esters is 1. The fourth-order valence-electron chi connectivity index (χ4n) is 2.99. The summed E-state index contributed by atoms with van der Waals surface area (Å²) in [6.07, 6.45) is 0. The molecule has 1 atom stereocenters. The van der Waals surface area contributed by atoms with Gasteiger partial charge >= 0.3 is 5.97 Å². The van der Waals surface area contributed by atoms with Gasteiger partial charge in [-0.1, -0.05) is 23.2 Å². The molecule has 0 bridgehead atoms. The third-order valence-electron chi connectivity index (χ3n) is 4.12. The normalized spacial score (nSPS) is 12.1. The molecule has 0 radical (unpaired) electrons. The van der Waals surface area contributed by atoms with Crippen molar-refractivity contribution in [3.63, 3.8) is 0 Å². The van der Waals surface area contributed by atoms with Crippen molar-refractivity contribution < 1.29 is 19.1 Å². The first-order chi connectivity index (χ1) is 12.3. The summed E-state index contributed by atoms with van der Waals surface area (Å²) in [6.45, 7) is 5.96. The average molecular weight is 398 g/mol. The Morgan fingerprint density at radius 1 is 1.15 bits per heavy atom. The maximum atomic E-state index is 12.5. The van der Waals surface area contributed by atoms with Crippen molar-refractivity contribution in [1.29, 1.82) is 0 Å². The highest BCUT2D eigenvalue weighted by Crippen LogP contribution is 2.23. The van der Waals surface area contributed by atoms with E-state index in [-0.39, 0.29) is 29.0 Å². The molecule has 26 heavy (non-hydrogen) atoms. The van der Waals surface area contributed by atoms with Gasteiger partial charge in [-0.3, -0.25) is 4.79 Å². The molecule has 0 amide bonds. The minimum atomic E-state index is -0.688. The molecule has 1 aromatic carbocycles. The largest absolute Gasteiger partial charge is 0.454 e. The second kappa shape index (κ2) is 8.71. The minimum absolute atomic E-state index is 0.0920. The zero-order valence-corrected chi connectivity index (χ0v) is 16.6. The summed E-state index contributed by atoms with van der Waals surface area (Å²) in [5, 5.41) is 0.585. The Morgan fingerprint density at radius 3 is 2.50 bits per heavy atom. The molecule has 5 nitrogen and oxygen atoms in total. The maximum Gasteiger partial charge on any atom is 0.340 e. The zero-order chi connectivity index (χ0) is 19.4. The molecule has 7 heteroatoms. The Balaban J connectivity index is 2.12. The number of ketones is 1. The lowest BCUT2D eigenvalue weighted by molar-refractivity contribution is 0.0474. The first-order valence-electron chi connectivity index (χ1n) is 8.09. The number of carbonyl (C=O) groups is 2. The molecular weight excluding hydrogens is 377 g/mol. The number of aryl methyl sites for hydroxylation is 1. The molecule has 0 aliphatic heterocycles. The van der Waals surface area contributed by atoms with Gasteiger partial charge in [-0.2, -0.15) is 0 Å². The number of halogens is 2. The summed E-state index contributed by atoms with van der Waals surface area (Å²) < 4.78 is 12.3. The molecule has 0 aliphatic carbocycles. The van der Waals surface area contributed by atoms with Crippen molar-refractivity contribution in [2.75, 3.05) is 20.3 Å². The molecule has 0 N–H and O–H groups in total. The summed E-state index contributed by atoms with van der Waals surface area (Å²) in [5.74, 6) is -0.965. The van der Waals surface area contributed by atoms with E-state index < -0.39 is 5.97 Å². The van der Waals surface area contributed by atoms with Gasteiger partial charge in [0.05, 0.1) is 23.2 Å². The lowest BCUT2D eigenvalue weighted by Crippen LogP contribution is -2.17. The number of aromatic nitrogens is 1. The third-order valence-corrected chi connectivity index (χ3v) is 4.68. The number of hydrogen-bond acceptors (Lipinski definition) is 4. The number of ether oxygens (including phenoxy) is 2. The Bertz CT molecular complexity index is 829. The minimum Gasteiger partial charge on any atom is -0.454 e. The van der Waals surface area contributed by atoms with Crippen LogP contribution in [0.5, 0.6) is 0 Å². The third kappa shape index (κ3) is 4.47. The second-order valence-electron chi connectivity index (χ2n) is 6.08. The molecular formula is C19H21Cl2NO4. The van der Waals surface area contributed by atoms with Gasteiger partial charge < -0.3 is 14.0 Å². The number of hydrogen-bond donors (Lipinski definition) is 0. The highest BCUT2D eigenvalue weighted by molar-refractivity contribution is 6.35. The number of nitrogens with zero attached hydrogens (tertiary/aromatic N) is 1. The van der Waals surface area contributed by atoms with Gasteiger partial charge in [-0.05, 0) is 45.0 Å². The summed E-state index contributed by atoms with van der Waals surface area (Å²) in [5.41, 5.74) is 2.41. The van der Waals surface area contributed by atoms with Crippen molar-refractivity contribution in [1.82, 2.24) is 4.57 Å². The topological polar surface area (TPSA) is 57.5 Å². The van der Waals surface area contributed by atoms with Crippen molar-refractivity contribution in [2.24, 2.45) is 0 Å². The van der Waals surface area contributed by atoms with Crippen LogP contribution < -0.4 is 0 Å². The Hall–Kier alpha value is -1.82. The summed E-state index contributed by atoms with van der Waals surface area (Å²) in [6, 6.07) is 6.38. The molecule has 0 saturated heterocycles. The van der Waals surface area contributed by atoms with Gasteiger partial charge in [-0.15, -0.1) is 0 Å². The number of rotatable bonds is 7. The van der Waals surface area contributed by atoms with Crippen molar-refractivity contribution in [3.8, 4) is 0 Å². The molecule has 0 spiro atoms. The van der Waals surface area contributed by atoms with Gasteiger partial charge in [0, 0.05) is 29.1 Å². The lowest BCUT2D eigenvalue weighted by atomic mass is 10.1. The number of methoxy groups -OCH3 is 1. The molecule has 1 aromatic heterocycles. The van der Waals surface area contributed by atoms with E-state index in [9.17, 15) is 9.59 Å². The van der Waals surface area contributed by atoms with Crippen LogP contribution in [0.3, 0.4) is 0 Å². The van der Waals surface area contributed by atoms with E-state index in [2.05, 4.69) is 0 Å². The quantitative estimate of drug-likeness (QED) is 0.503. The Labute approximate surface area is 162 Å². The Kier molecular flexibility index (Phi) is 6.87. The van der Waals surface area contributed by atoms with Gasteiger partial charge in [0.15, 0.2) is 6.61 Å². The van der Waals surface area contributed by atoms with Gasteiger partial charge in [0.1, 0.15) is 0 Å². The van der Waals surface area contributed by atoms with Crippen molar-refractivity contribution in [3.05, 3.63) is 56.8 Å². The van der Waals surface area contributed by atoms with Crippen LogP contribution in [-0.4, -0.2) is 36.6 Å². The predicted octanol–water partition coefficient (Wildman–Crippen LogP) is 4.66. The van der Waals surface area contributed by atoms with Crippen LogP contribution >= 0.6 is 23.2 Å². The van der Waals surface area contributed by atoms with E-state index >= 15 is 0 Å². The van der Waals surface area contributed by atoms with Crippen LogP contribution in [0.2, 0.25) is 10.0 Å². The van der Waals surface area contributed by atoms with Crippen LogP contribution in [0, 0.1) is 13.8 Å². The highest BCUT2D eigenvalue weighted by atomic mass is 35.5. The van der Waals surface area contributed by atoms with E-state index in [4.69, 9.17) is 32.7 Å². The molecule has 1 heterocycles. The van der Waals surface area contributed by atoms with Crippen LogP contribution in [-0.2, 0) is 9.47 Å². The fraction of sp³-hybridized carbons (Fsp3) is 0.368. The highest BCUT2D eigenvalue weighted by Gasteiger charge is 2.21. The standard InChI is InChI=1S/C19H21Cl2NO4/c1-11-7-15(13(3)22(11)12(2)9-25-4)18(23)10-26-19(24)16-8-14(20)5-6-17(16)21/h5-8,12H,9-10H2,1-4H3/t12-/m0/s1. The summed E-state index contributed by atoms with van der Waals surface area (Å²) >= 11 is 11.8. The number of Topliss-reactive ketones (excluding diaryl/α,β-unsaturated/α-hetero) is 1. The van der Waals surface area contributed by atoms with Crippen molar-refractivity contribution >= 4 is 35.0 Å². The monoisotopic (exact) mass is 397 g/mol. The van der Waals surface area contributed by atoms with Gasteiger partial charge in [0.25, 0.3) is 0 Å². The van der Waals surface area contributed by atoms with Gasteiger partial charge in [-0.25, -0.2) is 4.79 Å². The van der Waals surface area contributed by atoms with Crippen LogP contribution in [0.15, 0.2) is 24.3 Å². The van der Waals surface area contributed by atoms with E-state index in [1.54, 1.807) is 19.2 Å². The van der Waals surface area contributed by atoms with E-state index in [0.717, 1.165) is 11.4 Å². The Morgan fingerprint density at radius 2 is 1.85 bits per heavy atom. The molecule has 0 fully saturated rings. The van der Waals surface area contributed by atoms with Crippen LogP contribution in [0.4, 0.5) is 0 Å². The zero-order valence-electron chi connectivity index (χ0n) is 15.1. The molecule has 0 aliphatic rings.